The summed E-state index contributed by atoms with van der Waals surface area (Å²) in [6, 6.07) is 8.93. The van der Waals surface area contributed by atoms with Crippen LogP contribution in [0.25, 0.3) is 11.3 Å². The van der Waals surface area contributed by atoms with Crippen molar-refractivity contribution in [2.24, 2.45) is 0 Å². The molecule has 1 aromatic carbocycles. The van der Waals surface area contributed by atoms with E-state index in [9.17, 15) is 13.2 Å². The van der Waals surface area contributed by atoms with Gasteiger partial charge in [0.2, 0.25) is 0 Å². The van der Waals surface area contributed by atoms with Gasteiger partial charge in [-0.1, -0.05) is 35.0 Å². The van der Waals surface area contributed by atoms with E-state index in [2.05, 4.69) is 15.8 Å². The lowest BCUT2D eigenvalue weighted by atomic mass is 10.1. The molecule has 0 bridgehead atoms. The highest BCUT2D eigenvalue weighted by molar-refractivity contribution is 7.91. The van der Waals surface area contributed by atoms with Crippen molar-refractivity contribution in [2.45, 2.75) is 25.9 Å². The molecule has 2 aromatic rings. The average Bonchev–Trinajstić information content (AvgIpc) is 3.12. The van der Waals surface area contributed by atoms with Gasteiger partial charge < -0.3 is 15.2 Å². The first-order chi connectivity index (χ1) is 11.4. The zero-order valence-electron chi connectivity index (χ0n) is 13.3. The first-order valence-electron chi connectivity index (χ1n) is 7.69. The van der Waals surface area contributed by atoms with Gasteiger partial charge in [0.15, 0.2) is 15.6 Å². The van der Waals surface area contributed by atoms with Gasteiger partial charge in [-0.15, -0.1) is 0 Å². The molecule has 128 valence electrons. The number of aryl methyl sites for hydroxylation is 1. The van der Waals surface area contributed by atoms with Crippen LogP contribution in [-0.2, 0) is 16.4 Å². The predicted octanol–water partition coefficient (Wildman–Crippen LogP) is 1.64. The molecule has 0 saturated carbocycles. The van der Waals surface area contributed by atoms with Crippen molar-refractivity contribution in [3.05, 3.63) is 41.7 Å². The summed E-state index contributed by atoms with van der Waals surface area (Å²) in [6.45, 7) is 2.19. The molecule has 1 aromatic heterocycles. The van der Waals surface area contributed by atoms with Gasteiger partial charge in [0.25, 0.3) is 0 Å². The van der Waals surface area contributed by atoms with Crippen LogP contribution in [0.4, 0.5) is 4.79 Å². The van der Waals surface area contributed by atoms with E-state index in [1.807, 2.05) is 31.2 Å². The van der Waals surface area contributed by atoms with E-state index in [1.54, 1.807) is 6.07 Å². The van der Waals surface area contributed by atoms with E-state index < -0.39 is 15.9 Å². The van der Waals surface area contributed by atoms with Crippen molar-refractivity contribution in [1.29, 1.82) is 0 Å². The first kappa shape index (κ1) is 16.5. The summed E-state index contributed by atoms with van der Waals surface area (Å²) < 4.78 is 27.9. The Labute approximate surface area is 140 Å². The number of hydrogen-bond acceptors (Lipinski definition) is 5. The minimum Gasteiger partial charge on any atom is -0.359 e. The van der Waals surface area contributed by atoms with Crippen LogP contribution in [0, 0.1) is 6.92 Å². The molecule has 1 unspecified atom stereocenters. The minimum absolute atomic E-state index is 0.000297. The first-order valence-corrected chi connectivity index (χ1v) is 9.51. The Morgan fingerprint density at radius 3 is 2.75 bits per heavy atom. The highest BCUT2D eigenvalue weighted by Crippen LogP contribution is 2.19. The number of benzene rings is 1. The van der Waals surface area contributed by atoms with Crippen molar-refractivity contribution >= 4 is 15.9 Å². The molecule has 1 fully saturated rings. The predicted molar refractivity (Wildman–Crippen MR) is 89.1 cm³/mol. The summed E-state index contributed by atoms with van der Waals surface area (Å²) in [6.07, 6.45) is 0.454. The molecule has 0 aliphatic carbocycles. The SMILES string of the molecule is Cc1ccc(-c2cc(CNC(=O)NC3CCS(=O)(=O)C3)on2)cc1. The summed E-state index contributed by atoms with van der Waals surface area (Å²) in [5.41, 5.74) is 2.81. The van der Waals surface area contributed by atoms with E-state index in [-0.39, 0.29) is 24.1 Å². The van der Waals surface area contributed by atoms with Crippen molar-refractivity contribution in [3.63, 3.8) is 0 Å². The number of nitrogens with zero attached hydrogens (tertiary/aromatic N) is 1. The molecule has 2 heterocycles. The Hall–Kier alpha value is -2.35. The van der Waals surface area contributed by atoms with Crippen LogP contribution < -0.4 is 10.6 Å². The number of aromatic nitrogens is 1. The molecule has 1 saturated heterocycles. The van der Waals surface area contributed by atoms with Crippen molar-refractivity contribution in [2.75, 3.05) is 11.5 Å². The maximum atomic E-state index is 11.8. The van der Waals surface area contributed by atoms with Gasteiger partial charge in [-0.2, -0.15) is 0 Å². The molecule has 24 heavy (non-hydrogen) atoms. The van der Waals surface area contributed by atoms with E-state index in [4.69, 9.17) is 4.52 Å². The van der Waals surface area contributed by atoms with Gasteiger partial charge in [0.1, 0.15) is 5.69 Å². The lowest BCUT2D eigenvalue weighted by molar-refractivity contribution is 0.236. The highest BCUT2D eigenvalue weighted by atomic mass is 32.2. The third-order valence-electron chi connectivity index (χ3n) is 3.90. The van der Waals surface area contributed by atoms with Crippen molar-refractivity contribution in [3.8, 4) is 11.3 Å². The fourth-order valence-corrected chi connectivity index (χ4v) is 4.24. The summed E-state index contributed by atoms with van der Waals surface area (Å²) in [5.74, 6) is 0.653. The van der Waals surface area contributed by atoms with Crippen LogP contribution in [0.15, 0.2) is 34.9 Å². The number of amides is 2. The topological polar surface area (TPSA) is 101 Å². The Morgan fingerprint density at radius 2 is 2.08 bits per heavy atom. The number of nitrogens with one attached hydrogen (secondary N) is 2. The lowest BCUT2D eigenvalue weighted by Gasteiger charge is -2.10. The standard InChI is InChI=1S/C16H19N3O4S/c1-11-2-4-12(5-3-11)15-8-14(23-19-15)9-17-16(20)18-13-6-7-24(21,22)10-13/h2-5,8,13H,6-7,9-10H2,1H3,(H2,17,18,20). The second kappa shape index (κ2) is 6.64. The number of hydrogen-bond donors (Lipinski definition) is 2. The second-order valence-electron chi connectivity index (χ2n) is 5.97. The van der Waals surface area contributed by atoms with Gasteiger partial charge in [-0.3, -0.25) is 0 Å². The maximum absolute atomic E-state index is 11.8. The molecule has 2 N–H and O–H groups in total. The van der Waals surface area contributed by atoms with Crippen LogP contribution in [0.2, 0.25) is 0 Å². The molecule has 7 nitrogen and oxygen atoms in total. The quantitative estimate of drug-likeness (QED) is 0.874. The number of carbonyl (C=O) groups excluding carboxylic acids is 1. The van der Waals surface area contributed by atoms with Crippen LogP contribution in [0.1, 0.15) is 17.7 Å². The summed E-state index contributed by atoms with van der Waals surface area (Å²) in [4.78, 5) is 11.8. The molecule has 2 amide bonds. The molecule has 1 aliphatic heterocycles. The van der Waals surface area contributed by atoms with Crippen LogP contribution >= 0.6 is 0 Å². The summed E-state index contributed by atoms with van der Waals surface area (Å²) in [7, 11) is -3.01. The summed E-state index contributed by atoms with van der Waals surface area (Å²) >= 11 is 0. The van der Waals surface area contributed by atoms with Crippen LogP contribution in [0.5, 0.6) is 0 Å². The van der Waals surface area contributed by atoms with Gasteiger partial charge in [0.05, 0.1) is 18.1 Å². The number of carbonyl (C=O) groups is 1. The maximum Gasteiger partial charge on any atom is 0.315 e. The van der Waals surface area contributed by atoms with Crippen molar-refractivity contribution in [1.82, 2.24) is 15.8 Å². The molecule has 1 aliphatic rings. The Kier molecular flexibility index (Phi) is 4.57. The third kappa shape index (κ3) is 4.14. The molecular formula is C16H19N3O4S. The van der Waals surface area contributed by atoms with E-state index in [1.165, 1.54) is 0 Å². The lowest BCUT2D eigenvalue weighted by Crippen LogP contribution is -2.42. The van der Waals surface area contributed by atoms with E-state index in [0.29, 0.717) is 17.9 Å². The Morgan fingerprint density at radius 1 is 1.33 bits per heavy atom. The molecule has 8 heteroatoms. The van der Waals surface area contributed by atoms with Crippen molar-refractivity contribution < 1.29 is 17.7 Å². The number of urea groups is 1. The molecule has 3 rings (SSSR count). The largest absolute Gasteiger partial charge is 0.359 e. The molecular weight excluding hydrogens is 330 g/mol. The fraction of sp³-hybridized carbons (Fsp3) is 0.375. The van der Waals surface area contributed by atoms with Crippen LogP contribution in [-0.4, -0.2) is 37.2 Å². The minimum atomic E-state index is -3.01. The summed E-state index contributed by atoms with van der Waals surface area (Å²) in [5, 5.41) is 9.30. The second-order valence-corrected chi connectivity index (χ2v) is 8.20. The third-order valence-corrected chi connectivity index (χ3v) is 5.67. The zero-order chi connectivity index (χ0) is 17.2. The monoisotopic (exact) mass is 349 g/mol. The van der Waals surface area contributed by atoms with E-state index in [0.717, 1.165) is 11.1 Å². The van der Waals surface area contributed by atoms with Crippen LogP contribution in [0.3, 0.4) is 0 Å². The Bertz CT molecular complexity index is 827. The van der Waals surface area contributed by atoms with Gasteiger partial charge in [-0.25, -0.2) is 13.2 Å². The van der Waals surface area contributed by atoms with Gasteiger partial charge in [-0.05, 0) is 13.3 Å². The number of sulfone groups is 1. The highest BCUT2D eigenvalue weighted by Gasteiger charge is 2.28. The molecule has 1 atom stereocenters. The zero-order valence-corrected chi connectivity index (χ0v) is 14.1. The van der Waals surface area contributed by atoms with Gasteiger partial charge >= 0.3 is 6.03 Å². The smallest absolute Gasteiger partial charge is 0.315 e. The number of rotatable bonds is 4. The molecule has 0 radical (unpaired) electrons. The Balaban J connectivity index is 1.52. The normalized spacial score (nSPS) is 19.1. The fourth-order valence-electron chi connectivity index (χ4n) is 2.57. The van der Waals surface area contributed by atoms with Gasteiger partial charge in [0, 0.05) is 17.7 Å². The molecule has 0 spiro atoms. The van der Waals surface area contributed by atoms with E-state index >= 15 is 0 Å². The average molecular weight is 349 g/mol.